The van der Waals surface area contributed by atoms with E-state index in [-0.39, 0.29) is 30.5 Å². The van der Waals surface area contributed by atoms with Gasteiger partial charge < -0.3 is 20.1 Å². The highest BCUT2D eigenvalue weighted by molar-refractivity contribution is 5.85. The third-order valence-electron chi connectivity index (χ3n) is 3.47. The lowest BCUT2D eigenvalue weighted by Crippen LogP contribution is -2.39. The van der Waals surface area contributed by atoms with Crippen LogP contribution in [0.2, 0.25) is 0 Å². The summed E-state index contributed by atoms with van der Waals surface area (Å²) >= 11 is 0. The van der Waals surface area contributed by atoms with Crippen LogP contribution >= 0.6 is 12.4 Å². The zero-order valence-corrected chi connectivity index (χ0v) is 12.3. The van der Waals surface area contributed by atoms with Crippen molar-refractivity contribution in [3.05, 3.63) is 0 Å². The van der Waals surface area contributed by atoms with E-state index in [4.69, 9.17) is 9.47 Å². The fourth-order valence-corrected chi connectivity index (χ4v) is 2.45. The highest BCUT2D eigenvalue weighted by atomic mass is 35.5. The molecule has 2 heterocycles. The molecule has 0 spiro atoms. The van der Waals surface area contributed by atoms with Crippen LogP contribution < -0.4 is 10.6 Å². The van der Waals surface area contributed by atoms with Gasteiger partial charge in [-0.3, -0.25) is 4.79 Å². The number of carbonyl (C=O) groups excluding carboxylic acids is 1. The molecular formula is C13H25ClN2O3. The number of amides is 1. The molecule has 2 fully saturated rings. The average Bonchev–Trinajstić information content (AvgIpc) is 2.98. The number of halogens is 1. The Morgan fingerprint density at radius 2 is 2.37 bits per heavy atom. The Hall–Kier alpha value is -0.360. The minimum Gasteiger partial charge on any atom is -0.379 e. The van der Waals surface area contributed by atoms with E-state index < -0.39 is 0 Å². The molecule has 0 aromatic carbocycles. The van der Waals surface area contributed by atoms with Crippen LogP contribution in [0.25, 0.3) is 0 Å². The van der Waals surface area contributed by atoms with E-state index in [0.29, 0.717) is 25.7 Å². The maximum Gasteiger partial charge on any atom is 0.221 e. The van der Waals surface area contributed by atoms with E-state index in [1.807, 2.05) is 6.92 Å². The quantitative estimate of drug-likeness (QED) is 0.762. The molecule has 2 N–H and O–H groups in total. The Balaban J connectivity index is 0.00000180. The molecule has 2 aliphatic heterocycles. The molecule has 5 nitrogen and oxygen atoms in total. The van der Waals surface area contributed by atoms with Crippen molar-refractivity contribution in [2.75, 3.05) is 26.4 Å². The van der Waals surface area contributed by atoms with Crippen molar-refractivity contribution in [3.63, 3.8) is 0 Å². The largest absolute Gasteiger partial charge is 0.379 e. The van der Waals surface area contributed by atoms with E-state index in [1.54, 1.807) is 0 Å². The van der Waals surface area contributed by atoms with Crippen molar-refractivity contribution in [2.24, 2.45) is 0 Å². The maximum absolute atomic E-state index is 11.8. The molecule has 2 rings (SSSR count). The van der Waals surface area contributed by atoms with Crippen molar-refractivity contribution in [1.29, 1.82) is 0 Å². The lowest BCUT2D eigenvalue weighted by Gasteiger charge is -2.18. The summed E-state index contributed by atoms with van der Waals surface area (Å²) < 4.78 is 10.9. The molecular weight excluding hydrogens is 268 g/mol. The predicted octanol–water partition coefficient (Wildman–Crippen LogP) is 0.861. The fraction of sp³-hybridized carbons (Fsp3) is 0.923. The smallest absolute Gasteiger partial charge is 0.221 e. The first kappa shape index (κ1) is 16.7. The molecule has 3 unspecified atom stereocenters. The van der Waals surface area contributed by atoms with Gasteiger partial charge in [-0.25, -0.2) is 0 Å². The van der Waals surface area contributed by atoms with Gasteiger partial charge in [0.2, 0.25) is 5.91 Å². The number of hydrogen-bond acceptors (Lipinski definition) is 4. The first-order chi connectivity index (χ1) is 8.74. The Morgan fingerprint density at radius 1 is 1.53 bits per heavy atom. The summed E-state index contributed by atoms with van der Waals surface area (Å²) in [5.41, 5.74) is 0. The molecule has 2 aliphatic rings. The Labute approximate surface area is 121 Å². The zero-order chi connectivity index (χ0) is 12.8. The van der Waals surface area contributed by atoms with Gasteiger partial charge in [0.15, 0.2) is 0 Å². The van der Waals surface area contributed by atoms with Crippen LogP contribution in [0.15, 0.2) is 0 Å². The maximum atomic E-state index is 11.8. The van der Waals surface area contributed by atoms with Crippen LogP contribution in [0.3, 0.4) is 0 Å². The molecule has 0 aromatic heterocycles. The summed E-state index contributed by atoms with van der Waals surface area (Å²) in [7, 11) is 0. The zero-order valence-electron chi connectivity index (χ0n) is 11.5. The van der Waals surface area contributed by atoms with Gasteiger partial charge in [-0.2, -0.15) is 0 Å². The predicted molar refractivity (Wildman–Crippen MR) is 75.7 cm³/mol. The first-order valence-corrected chi connectivity index (χ1v) is 6.96. The molecule has 6 heteroatoms. The van der Waals surface area contributed by atoms with Crippen LogP contribution in [0.4, 0.5) is 0 Å². The molecule has 0 saturated carbocycles. The summed E-state index contributed by atoms with van der Waals surface area (Å²) in [5.74, 6) is 0.119. The molecule has 0 aromatic rings. The van der Waals surface area contributed by atoms with E-state index in [0.717, 1.165) is 26.0 Å². The van der Waals surface area contributed by atoms with Gasteiger partial charge in [0.1, 0.15) is 0 Å². The van der Waals surface area contributed by atoms with Gasteiger partial charge in [0, 0.05) is 25.1 Å². The second kappa shape index (κ2) is 8.74. The van der Waals surface area contributed by atoms with E-state index in [1.165, 1.54) is 6.42 Å². The van der Waals surface area contributed by atoms with Crippen LogP contribution in [0, 0.1) is 0 Å². The third kappa shape index (κ3) is 6.08. The fourth-order valence-electron chi connectivity index (χ4n) is 2.45. The lowest BCUT2D eigenvalue weighted by molar-refractivity contribution is -0.122. The highest BCUT2D eigenvalue weighted by Gasteiger charge is 2.20. The van der Waals surface area contributed by atoms with Crippen molar-refractivity contribution in [1.82, 2.24) is 10.6 Å². The SMILES string of the molecule is CC(COC1CCOC1)NC(=O)CC1CCCN1.Cl. The van der Waals surface area contributed by atoms with Crippen LogP contribution in [0.5, 0.6) is 0 Å². The van der Waals surface area contributed by atoms with Crippen molar-refractivity contribution >= 4 is 18.3 Å². The van der Waals surface area contributed by atoms with E-state index in [2.05, 4.69) is 10.6 Å². The summed E-state index contributed by atoms with van der Waals surface area (Å²) in [5, 5.41) is 6.31. The van der Waals surface area contributed by atoms with Crippen molar-refractivity contribution < 1.29 is 14.3 Å². The van der Waals surface area contributed by atoms with E-state index in [9.17, 15) is 4.79 Å². The van der Waals surface area contributed by atoms with Gasteiger partial charge in [-0.05, 0) is 32.7 Å². The second-order valence-corrected chi connectivity index (χ2v) is 5.28. The second-order valence-electron chi connectivity index (χ2n) is 5.28. The highest BCUT2D eigenvalue weighted by Crippen LogP contribution is 2.10. The minimum atomic E-state index is 0. The Morgan fingerprint density at radius 3 is 3.00 bits per heavy atom. The molecule has 1 amide bonds. The molecule has 112 valence electrons. The van der Waals surface area contributed by atoms with Crippen LogP contribution in [0.1, 0.15) is 32.6 Å². The lowest BCUT2D eigenvalue weighted by atomic mass is 10.1. The minimum absolute atomic E-state index is 0. The van der Waals surface area contributed by atoms with Crippen LogP contribution in [-0.2, 0) is 14.3 Å². The summed E-state index contributed by atoms with van der Waals surface area (Å²) in [6.07, 6.45) is 4.04. The van der Waals surface area contributed by atoms with Gasteiger partial charge in [0.25, 0.3) is 0 Å². The van der Waals surface area contributed by atoms with Crippen LogP contribution in [-0.4, -0.2) is 50.5 Å². The van der Waals surface area contributed by atoms with Crippen molar-refractivity contribution in [2.45, 2.75) is 50.8 Å². The molecule has 19 heavy (non-hydrogen) atoms. The van der Waals surface area contributed by atoms with Gasteiger partial charge in [-0.15, -0.1) is 12.4 Å². The normalized spacial score (nSPS) is 27.8. The molecule has 0 radical (unpaired) electrons. The first-order valence-electron chi connectivity index (χ1n) is 6.96. The molecule has 0 aliphatic carbocycles. The van der Waals surface area contributed by atoms with E-state index >= 15 is 0 Å². The van der Waals surface area contributed by atoms with Crippen molar-refractivity contribution in [3.8, 4) is 0 Å². The molecule has 0 bridgehead atoms. The number of rotatable bonds is 6. The summed E-state index contributed by atoms with van der Waals surface area (Å²) in [6.45, 7) is 5.07. The third-order valence-corrected chi connectivity index (χ3v) is 3.47. The molecule has 2 saturated heterocycles. The Bertz CT molecular complexity index is 267. The average molecular weight is 293 g/mol. The Kier molecular flexibility index (Phi) is 7.68. The number of carbonyl (C=O) groups is 1. The van der Waals surface area contributed by atoms with Gasteiger partial charge >= 0.3 is 0 Å². The van der Waals surface area contributed by atoms with Gasteiger partial charge in [-0.1, -0.05) is 0 Å². The number of ether oxygens (including phenoxy) is 2. The standard InChI is InChI=1S/C13H24N2O3.ClH/c1-10(8-18-12-4-6-17-9-12)15-13(16)7-11-3-2-5-14-11;/h10-12,14H,2-9H2,1H3,(H,15,16);1H. The topological polar surface area (TPSA) is 59.6 Å². The summed E-state index contributed by atoms with van der Waals surface area (Å²) in [4.78, 5) is 11.8. The monoisotopic (exact) mass is 292 g/mol. The number of hydrogen-bond donors (Lipinski definition) is 2. The summed E-state index contributed by atoms with van der Waals surface area (Å²) in [6, 6.07) is 0.431. The van der Waals surface area contributed by atoms with Gasteiger partial charge in [0.05, 0.1) is 19.3 Å². The number of nitrogens with one attached hydrogen (secondary N) is 2. The molecule has 3 atom stereocenters.